The molecule has 176 valence electrons. The number of pyridine rings is 1. The highest BCUT2D eigenvalue weighted by atomic mass is 16.7. The quantitative estimate of drug-likeness (QED) is 0.401. The van der Waals surface area contributed by atoms with Gasteiger partial charge in [0.05, 0.1) is 12.2 Å². The van der Waals surface area contributed by atoms with Crippen LogP contribution in [0, 0.1) is 0 Å². The maximum atomic E-state index is 13.2. The van der Waals surface area contributed by atoms with E-state index in [0.717, 1.165) is 29.0 Å². The maximum absolute atomic E-state index is 13.2. The van der Waals surface area contributed by atoms with E-state index >= 15 is 0 Å². The van der Waals surface area contributed by atoms with Gasteiger partial charge < -0.3 is 18.9 Å². The molecule has 0 N–H and O–H groups in total. The lowest BCUT2D eigenvalue weighted by atomic mass is 10.1. The van der Waals surface area contributed by atoms with Gasteiger partial charge in [-0.25, -0.2) is 4.79 Å². The molecule has 0 aromatic carbocycles. The highest BCUT2D eigenvalue weighted by molar-refractivity contribution is 5.68. The first kappa shape index (κ1) is 23.9. The molecule has 0 radical (unpaired) electrons. The average Bonchev–Trinajstić information content (AvgIpc) is 3.06. The van der Waals surface area contributed by atoms with E-state index in [4.69, 9.17) is 18.9 Å². The highest BCUT2D eigenvalue weighted by Gasteiger charge is 2.51. The fourth-order valence-electron chi connectivity index (χ4n) is 3.44. The zero-order valence-corrected chi connectivity index (χ0v) is 18.2. The van der Waals surface area contributed by atoms with Crippen molar-refractivity contribution in [3.8, 4) is 0 Å². The minimum Gasteiger partial charge on any atom is -0.463 e. The molecular weight excluding hydrogens is 438 g/mol. The molecule has 0 aliphatic carbocycles. The van der Waals surface area contributed by atoms with Crippen LogP contribution >= 0.6 is 0 Å². The Morgan fingerprint density at radius 2 is 1.70 bits per heavy atom. The molecule has 33 heavy (non-hydrogen) atoms. The first-order chi connectivity index (χ1) is 15.7. The van der Waals surface area contributed by atoms with Crippen LogP contribution in [-0.4, -0.2) is 56.9 Å². The first-order valence-corrected chi connectivity index (χ1v) is 10.0. The Morgan fingerprint density at radius 1 is 1.00 bits per heavy atom. The molecule has 1 fully saturated rings. The molecule has 0 amide bonds. The van der Waals surface area contributed by atoms with E-state index in [1.54, 1.807) is 18.2 Å². The van der Waals surface area contributed by atoms with Crippen molar-refractivity contribution in [1.29, 1.82) is 0 Å². The minimum atomic E-state index is -1.26. The predicted molar refractivity (Wildman–Crippen MR) is 110 cm³/mol. The summed E-state index contributed by atoms with van der Waals surface area (Å²) in [7, 11) is 0. The monoisotopic (exact) mass is 461 g/mol. The van der Waals surface area contributed by atoms with Crippen LogP contribution in [0.1, 0.15) is 32.7 Å². The van der Waals surface area contributed by atoms with Crippen molar-refractivity contribution >= 4 is 17.9 Å². The topological polar surface area (TPSA) is 145 Å². The van der Waals surface area contributed by atoms with Crippen molar-refractivity contribution in [3.63, 3.8) is 0 Å². The summed E-state index contributed by atoms with van der Waals surface area (Å²) in [5.74, 6) is -2.01. The molecule has 3 heterocycles. The molecule has 12 nitrogen and oxygen atoms in total. The van der Waals surface area contributed by atoms with Crippen molar-refractivity contribution in [2.75, 3.05) is 6.61 Å². The van der Waals surface area contributed by atoms with E-state index in [1.165, 1.54) is 19.3 Å². The number of ether oxygens (including phenoxy) is 4. The third-order valence-corrected chi connectivity index (χ3v) is 4.76. The van der Waals surface area contributed by atoms with Crippen molar-refractivity contribution in [2.45, 2.75) is 51.9 Å². The maximum Gasteiger partial charge on any atom is 0.333 e. The summed E-state index contributed by atoms with van der Waals surface area (Å²) in [6.07, 6.45) is -1.98. The molecule has 2 aromatic heterocycles. The zero-order valence-electron chi connectivity index (χ0n) is 18.2. The van der Waals surface area contributed by atoms with Gasteiger partial charge in [0.2, 0.25) is 0 Å². The van der Waals surface area contributed by atoms with Gasteiger partial charge in [-0.3, -0.25) is 33.3 Å². The van der Waals surface area contributed by atoms with Crippen LogP contribution in [-0.2, 0) is 39.9 Å². The molecule has 4 atom stereocenters. The second kappa shape index (κ2) is 10.2. The molecule has 1 aliphatic rings. The Balaban J connectivity index is 2.02. The average molecular weight is 461 g/mol. The third-order valence-electron chi connectivity index (χ3n) is 4.76. The van der Waals surface area contributed by atoms with Gasteiger partial charge in [0.25, 0.3) is 5.56 Å². The summed E-state index contributed by atoms with van der Waals surface area (Å²) in [4.78, 5) is 64.4. The van der Waals surface area contributed by atoms with Crippen LogP contribution in [0.4, 0.5) is 0 Å². The van der Waals surface area contributed by atoms with Gasteiger partial charge in [0, 0.05) is 39.2 Å². The SMILES string of the molecule is CC(=O)OCC1OC(n2ccc(=O)n(Cc3ccccn3)c2=O)[C@@H](OC(C)=O)C1OC(C)=O. The van der Waals surface area contributed by atoms with Crippen molar-refractivity contribution in [3.05, 3.63) is 63.2 Å². The summed E-state index contributed by atoms with van der Waals surface area (Å²) in [6.45, 7) is 3.07. The number of carbonyl (C=O) groups is 3. The van der Waals surface area contributed by atoms with Crippen LogP contribution in [0.3, 0.4) is 0 Å². The van der Waals surface area contributed by atoms with Crippen LogP contribution in [0.2, 0.25) is 0 Å². The molecular formula is C21H23N3O9. The van der Waals surface area contributed by atoms with Gasteiger partial charge in [0.15, 0.2) is 18.4 Å². The lowest BCUT2D eigenvalue weighted by Gasteiger charge is -2.24. The zero-order chi connectivity index (χ0) is 24.1. The largest absolute Gasteiger partial charge is 0.463 e. The number of carbonyl (C=O) groups excluding carboxylic acids is 3. The first-order valence-electron chi connectivity index (χ1n) is 10.0. The fourth-order valence-corrected chi connectivity index (χ4v) is 3.44. The number of esters is 3. The Hall–Kier alpha value is -3.80. The van der Waals surface area contributed by atoms with E-state index < -0.39 is 53.7 Å². The molecule has 2 aromatic rings. The Kier molecular flexibility index (Phi) is 7.38. The molecule has 3 rings (SSSR count). The fraction of sp³-hybridized carbons (Fsp3) is 0.429. The normalized spacial score (nSPS) is 21.9. The summed E-state index contributed by atoms with van der Waals surface area (Å²) in [5.41, 5.74) is -0.856. The van der Waals surface area contributed by atoms with Crippen molar-refractivity contribution in [2.24, 2.45) is 0 Å². The van der Waals surface area contributed by atoms with Crippen LogP contribution in [0.25, 0.3) is 0 Å². The van der Waals surface area contributed by atoms with Crippen molar-refractivity contribution in [1.82, 2.24) is 14.1 Å². The standard InChI is InChI=1S/C21H23N3O9/c1-12(25)30-11-16-18(31-13(2)26)19(32-14(3)27)20(33-16)23-9-7-17(28)24(21(23)29)10-15-6-4-5-8-22-15/h4-9,16,18-20H,10-11H2,1-3H3/t16?,18?,19-,20?/m0/s1. The number of hydrogen-bond donors (Lipinski definition) is 0. The lowest BCUT2D eigenvalue weighted by molar-refractivity contribution is -0.166. The Labute approximate surface area is 187 Å². The predicted octanol–water partition coefficient (Wildman–Crippen LogP) is -0.223. The molecule has 0 saturated carbocycles. The van der Waals surface area contributed by atoms with Gasteiger partial charge in [0.1, 0.15) is 12.7 Å². The highest BCUT2D eigenvalue weighted by Crippen LogP contribution is 2.33. The van der Waals surface area contributed by atoms with E-state index in [0.29, 0.717) is 5.69 Å². The summed E-state index contributed by atoms with van der Waals surface area (Å²) < 4.78 is 23.4. The molecule has 12 heteroatoms. The van der Waals surface area contributed by atoms with Crippen LogP contribution < -0.4 is 11.2 Å². The van der Waals surface area contributed by atoms with Crippen molar-refractivity contribution < 1.29 is 33.3 Å². The second-order valence-electron chi connectivity index (χ2n) is 7.27. The van der Waals surface area contributed by atoms with Crippen LogP contribution in [0.5, 0.6) is 0 Å². The van der Waals surface area contributed by atoms with E-state index in [2.05, 4.69) is 4.98 Å². The smallest absolute Gasteiger partial charge is 0.333 e. The van der Waals surface area contributed by atoms with Gasteiger partial charge in [-0.05, 0) is 12.1 Å². The van der Waals surface area contributed by atoms with E-state index in [9.17, 15) is 24.0 Å². The minimum absolute atomic E-state index is 0.103. The van der Waals surface area contributed by atoms with Crippen LogP contribution in [0.15, 0.2) is 46.2 Å². The number of nitrogens with zero attached hydrogens (tertiary/aromatic N) is 3. The number of rotatable bonds is 7. The molecule has 1 aliphatic heterocycles. The van der Waals surface area contributed by atoms with E-state index in [1.807, 2.05) is 0 Å². The second-order valence-corrected chi connectivity index (χ2v) is 7.27. The number of aromatic nitrogens is 3. The molecule has 1 saturated heterocycles. The summed E-state index contributed by atoms with van der Waals surface area (Å²) in [6, 6.07) is 6.22. The summed E-state index contributed by atoms with van der Waals surface area (Å²) in [5, 5.41) is 0. The summed E-state index contributed by atoms with van der Waals surface area (Å²) >= 11 is 0. The van der Waals surface area contributed by atoms with Gasteiger partial charge in [-0.1, -0.05) is 6.07 Å². The van der Waals surface area contributed by atoms with Gasteiger partial charge in [-0.2, -0.15) is 0 Å². The van der Waals surface area contributed by atoms with Gasteiger partial charge >= 0.3 is 23.6 Å². The Bertz CT molecular complexity index is 1140. The third kappa shape index (κ3) is 5.71. The number of hydrogen-bond acceptors (Lipinski definition) is 10. The molecule has 3 unspecified atom stereocenters. The molecule has 0 bridgehead atoms. The molecule has 0 spiro atoms. The van der Waals surface area contributed by atoms with E-state index in [-0.39, 0.29) is 13.2 Å². The van der Waals surface area contributed by atoms with Gasteiger partial charge in [-0.15, -0.1) is 0 Å². The lowest BCUT2D eigenvalue weighted by Crippen LogP contribution is -2.45. The Morgan fingerprint density at radius 3 is 2.30 bits per heavy atom.